The molecule has 1 aliphatic rings. The molecule has 3 rings (SSSR count). The number of hydrogen-bond donors (Lipinski definition) is 2. The molecule has 5 nitrogen and oxygen atoms in total. The van der Waals surface area contributed by atoms with E-state index < -0.39 is 5.82 Å². The second-order valence-electron chi connectivity index (χ2n) is 6.43. The maximum atomic E-state index is 13.3. The minimum atomic E-state index is -0.395. The molecule has 1 fully saturated rings. The number of urea groups is 1. The second kappa shape index (κ2) is 7.99. The van der Waals surface area contributed by atoms with Gasteiger partial charge in [-0.1, -0.05) is 18.2 Å². The van der Waals surface area contributed by atoms with Gasteiger partial charge < -0.3 is 15.5 Å². The quantitative estimate of drug-likeness (QED) is 0.884. The summed E-state index contributed by atoms with van der Waals surface area (Å²) in [6.07, 6.45) is 1.90. The number of carbonyl (C=O) groups is 2. The molecule has 26 heavy (non-hydrogen) atoms. The molecule has 2 aromatic rings. The Morgan fingerprint density at radius 3 is 2.73 bits per heavy atom. The average molecular weight is 355 g/mol. The van der Waals surface area contributed by atoms with Gasteiger partial charge in [-0.05, 0) is 48.7 Å². The summed E-state index contributed by atoms with van der Waals surface area (Å²) in [4.78, 5) is 26.1. The van der Waals surface area contributed by atoms with Crippen molar-refractivity contribution in [1.82, 2.24) is 10.2 Å². The zero-order chi connectivity index (χ0) is 18.5. The van der Waals surface area contributed by atoms with E-state index in [-0.39, 0.29) is 17.9 Å². The van der Waals surface area contributed by atoms with Gasteiger partial charge >= 0.3 is 6.03 Å². The van der Waals surface area contributed by atoms with Gasteiger partial charge in [0.2, 0.25) is 0 Å². The Labute approximate surface area is 152 Å². The molecule has 0 unspecified atom stereocenters. The molecule has 0 spiro atoms. The first-order valence-electron chi connectivity index (χ1n) is 8.70. The summed E-state index contributed by atoms with van der Waals surface area (Å²) in [5.41, 5.74) is 1.97. The van der Waals surface area contributed by atoms with Crippen LogP contribution in [0.25, 0.3) is 0 Å². The Kier molecular flexibility index (Phi) is 5.51. The van der Waals surface area contributed by atoms with Crippen molar-refractivity contribution in [1.29, 1.82) is 0 Å². The van der Waals surface area contributed by atoms with E-state index in [2.05, 4.69) is 10.6 Å². The monoisotopic (exact) mass is 355 g/mol. The molecule has 1 aliphatic heterocycles. The van der Waals surface area contributed by atoms with Crippen LogP contribution in [0.3, 0.4) is 0 Å². The first-order valence-corrected chi connectivity index (χ1v) is 8.70. The zero-order valence-corrected chi connectivity index (χ0v) is 14.7. The third kappa shape index (κ3) is 4.20. The van der Waals surface area contributed by atoms with Crippen molar-refractivity contribution in [2.75, 3.05) is 25.5 Å². The van der Waals surface area contributed by atoms with Crippen molar-refractivity contribution < 1.29 is 14.0 Å². The molecule has 1 heterocycles. The van der Waals surface area contributed by atoms with Crippen molar-refractivity contribution in [2.24, 2.45) is 0 Å². The fourth-order valence-corrected chi connectivity index (χ4v) is 3.30. The Hall–Kier alpha value is -2.89. The predicted octanol–water partition coefficient (Wildman–Crippen LogP) is 3.60. The normalized spacial score (nSPS) is 16.8. The van der Waals surface area contributed by atoms with Gasteiger partial charge in [-0.25, -0.2) is 9.18 Å². The van der Waals surface area contributed by atoms with Gasteiger partial charge in [0.15, 0.2) is 0 Å². The molecule has 6 heteroatoms. The first kappa shape index (κ1) is 17.9. The number of rotatable bonds is 3. The van der Waals surface area contributed by atoms with Crippen LogP contribution >= 0.6 is 0 Å². The smallest absolute Gasteiger partial charge is 0.317 e. The maximum Gasteiger partial charge on any atom is 0.317 e. The van der Waals surface area contributed by atoms with Crippen LogP contribution in [-0.2, 0) is 0 Å². The predicted molar refractivity (Wildman–Crippen MR) is 98.8 cm³/mol. The lowest BCUT2D eigenvalue weighted by atomic mass is 9.89. The SMILES string of the molecule is CNC(=O)N1CCC[C@@H](c2cccc(C(=O)Nc3cccc(F)c3)c2)C1. The number of carbonyl (C=O) groups excluding carboxylic acids is 2. The van der Waals surface area contributed by atoms with Crippen molar-refractivity contribution in [3.05, 3.63) is 65.5 Å². The van der Waals surface area contributed by atoms with Crippen LogP contribution in [0.15, 0.2) is 48.5 Å². The zero-order valence-electron chi connectivity index (χ0n) is 14.7. The summed E-state index contributed by atoms with van der Waals surface area (Å²) in [5, 5.41) is 5.37. The van der Waals surface area contributed by atoms with E-state index in [0.717, 1.165) is 24.9 Å². The molecule has 3 amide bonds. The third-order valence-electron chi connectivity index (χ3n) is 4.63. The van der Waals surface area contributed by atoms with E-state index in [1.807, 2.05) is 18.2 Å². The van der Waals surface area contributed by atoms with E-state index in [0.29, 0.717) is 17.8 Å². The van der Waals surface area contributed by atoms with Crippen LogP contribution in [0.2, 0.25) is 0 Å². The number of hydrogen-bond acceptors (Lipinski definition) is 2. The summed E-state index contributed by atoms with van der Waals surface area (Å²) >= 11 is 0. The van der Waals surface area contributed by atoms with E-state index in [4.69, 9.17) is 0 Å². The fraction of sp³-hybridized carbons (Fsp3) is 0.300. The standard InChI is InChI=1S/C20H22FN3O2/c1-22-20(26)24-10-4-7-16(13-24)14-5-2-6-15(11-14)19(25)23-18-9-3-8-17(21)12-18/h2-3,5-6,8-9,11-12,16H,4,7,10,13H2,1H3,(H,22,26)(H,23,25)/t16-/m1/s1. The van der Waals surface area contributed by atoms with Gasteiger partial charge in [0.1, 0.15) is 5.82 Å². The van der Waals surface area contributed by atoms with E-state index in [9.17, 15) is 14.0 Å². The highest BCUT2D eigenvalue weighted by Crippen LogP contribution is 2.27. The molecule has 0 aliphatic carbocycles. The van der Waals surface area contributed by atoms with Gasteiger partial charge in [-0.3, -0.25) is 4.79 Å². The number of likely N-dealkylation sites (tertiary alicyclic amines) is 1. The lowest BCUT2D eigenvalue weighted by Crippen LogP contribution is -2.43. The lowest BCUT2D eigenvalue weighted by molar-refractivity contribution is 0.102. The van der Waals surface area contributed by atoms with Crippen LogP contribution < -0.4 is 10.6 Å². The number of amides is 3. The van der Waals surface area contributed by atoms with Crippen LogP contribution in [0.4, 0.5) is 14.9 Å². The van der Waals surface area contributed by atoms with Crippen molar-refractivity contribution in [2.45, 2.75) is 18.8 Å². The molecular weight excluding hydrogens is 333 g/mol. The van der Waals surface area contributed by atoms with Crippen LogP contribution in [-0.4, -0.2) is 37.0 Å². The molecule has 136 valence electrons. The Morgan fingerprint density at radius 2 is 1.96 bits per heavy atom. The average Bonchev–Trinajstić information content (AvgIpc) is 2.67. The third-order valence-corrected chi connectivity index (χ3v) is 4.63. The number of anilines is 1. The molecule has 0 aromatic heterocycles. The molecule has 0 saturated carbocycles. The first-order chi connectivity index (χ1) is 12.6. The molecule has 0 radical (unpaired) electrons. The van der Waals surface area contributed by atoms with Crippen LogP contribution in [0.1, 0.15) is 34.7 Å². The number of piperidine rings is 1. The molecule has 0 bridgehead atoms. The van der Waals surface area contributed by atoms with E-state index in [1.165, 1.54) is 12.1 Å². The largest absolute Gasteiger partial charge is 0.341 e. The van der Waals surface area contributed by atoms with Gasteiger partial charge in [-0.15, -0.1) is 0 Å². The molecule has 1 saturated heterocycles. The van der Waals surface area contributed by atoms with Crippen molar-refractivity contribution in [3.63, 3.8) is 0 Å². The van der Waals surface area contributed by atoms with E-state index in [1.54, 1.807) is 30.1 Å². The van der Waals surface area contributed by atoms with E-state index >= 15 is 0 Å². The van der Waals surface area contributed by atoms with Crippen molar-refractivity contribution in [3.8, 4) is 0 Å². The summed E-state index contributed by atoms with van der Waals surface area (Å²) in [6, 6.07) is 13.1. The number of benzene rings is 2. The highest BCUT2D eigenvalue weighted by molar-refractivity contribution is 6.04. The van der Waals surface area contributed by atoms with Gasteiger partial charge in [0, 0.05) is 37.3 Å². The fourth-order valence-electron chi connectivity index (χ4n) is 3.30. The molecule has 2 N–H and O–H groups in total. The topological polar surface area (TPSA) is 61.4 Å². The summed E-state index contributed by atoms with van der Waals surface area (Å²) in [6.45, 7) is 1.38. The Balaban J connectivity index is 1.73. The Morgan fingerprint density at radius 1 is 1.15 bits per heavy atom. The summed E-state index contributed by atoms with van der Waals surface area (Å²) < 4.78 is 13.3. The molecule has 2 aromatic carbocycles. The highest BCUT2D eigenvalue weighted by atomic mass is 19.1. The second-order valence-corrected chi connectivity index (χ2v) is 6.43. The highest BCUT2D eigenvalue weighted by Gasteiger charge is 2.24. The molecule has 1 atom stereocenters. The minimum absolute atomic E-state index is 0.0744. The minimum Gasteiger partial charge on any atom is -0.341 e. The van der Waals surface area contributed by atoms with Gasteiger partial charge in [-0.2, -0.15) is 0 Å². The summed E-state index contributed by atoms with van der Waals surface area (Å²) in [7, 11) is 1.63. The lowest BCUT2D eigenvalue weighted by Gasteiger charge is -2.32. The summed E-state index contributed by atoms with van der Waals surface area (Å²) in [5.74, 6) is -0.479. The van der Waals surface area contributed by atoms with Gasteiger partial charge in [0.25, 0.3) is 5.91 Å². The van der Waals surface area contributed by atoms with Crippen LogP contribution in [0, 0.1) is 5.82 Å². The number of nitrogens with zero attached hydrogens (tertiary/aromatic N) is 1. The number of halogens is 1. The number of nitrogens with one attached hydrogen (secondary N) is 2. The van der Waals surface area contributed by atoms with Crippen molar-refractivity contribution >= 4 is 17.6 Å². The van der Waals surface area contributed by atoms with Gasteiger partial charge in [0.05, 0.1) is 0 Å². The Bertz CT molecular complexity index is 809. The molecular formula is C20H22FN3O2. The maximum absolute atomic E-state index is 13.3. The van der Waals surface area contributed by atoms with Crippen LogP contribution in [0.5, 0.6) is 0 Å².